The van der Waals surface area contributed by atoms with E-state index in [0.29, 0.717) is 12.6 Å². The first kappa shape index (κ1) is 14.4. The van der Waals surface area contributed by atoms with E-state index in [2.05, 4.69) is 24.5 Å². The maximum atomic E-state index is 11.3. The van der Waals surface area contributed by atoms with Gasteiger partial charge in [0.15, 0.2) is 0 Å². The van der Waals surface area contributed by atoms with Crippen LogP contribution >= 0.6 is 0 Å². The van der Waals surface area contributed by atoms with Crippen LogP contribution < -0.4 is 10.6 Å². The van der Waals surface area contributed by atoms with Crippen molar-refractivity contribution in [1.82, 2.24) is 10.6 Å². The molecule has 0 heterocycles. The molecule has 1 amide bonds. The van der Waals surface area contributed by atoms with E-state index in [0.717, 1.165) is 6.54 Å². The molecule has 0 saturated carbocycles. The summed E-state index contributed by atoms with van der Waals surface area (Å²) in [6.45, 7) is 11.5. The van der Waals surface area contributed by atoms with E-state index in [-0.39, 0.29) is 18.1 Å². The lowest BCUT2D eigenvalue weighted by molar-refractivity contribution is -0.130. The van der Waals surface area contributed by atoms with Crippen molar-refractivity contribution in [3.05, 3.63) is 0 Å². The lowest BCUT2D eigenvalue weighted by Crippen LogP contribution is -2.37. The third kappa shape index (κ3) is 11.3. The van der Waals surface area contributed by atoms with E-state index in [4.69, 9.17) is 4.74 Å². The number of ether oxygens (including phenoxy) is 1. The highest BCUT2D eigenvalue weighted by atomic mass is 16.5. The van der Waals surface area contributed by atoms with Crippen LogP contribution in [-0.4, -0.2) is 37.2 Å². The van der Waals surface area contributed by atoms with Crippen LogP contribution in [0.3, 0.4) is 0 Å². The zero-order valence-electron chi connectivity index (χ0n) is 10.5. The molecule has 0 rings (SSSR count). The van der Waals surface area contributed by atoms with Gasteiger partial charge in [0.25, 0.3) is 0 Å². The van der Waals surface area contributed by atoms with Gasteiger partial charge in [-0.2, -0.15) is 0 Å². The zero-order chi connectivity index (χ0) is 11.9. The number of rotatable bonds is 6. The summed E-state index contributed by atoms with van der Waals surface area (Å²) in [5.74, 6) is -0.0597. The normalized spacial score (nSPS) is 11.9. The molecule has 4 nitrogen and oxygen atoms in total. The maximum Gasteiger partial charge on any atom is 0.246 e. The molecule has 0 atom stereocenters. The lowest BCUT2D eigenvalue weighted by Gasteiger charge is -2.19. The molecule has 0 unspecified atom stereocenters. The molecule has 90 valence electrons. The van der Waals surface area contributed by atoms with Crippen LogP contribution in [0.4, 0.5) is 0 Å². The molecular weight excluding hydrogens is 192 g/mol. The third-order valence-electron chi connectivity index (χ3n) is 1.64. The number of amides is 1. The van der Waals surface area contributed by atoms with E-state index < -0.39 is 0 Å². The third-order valence-corrected chi connectivity index (χ3v) is 1.64. The molecule has 0 aromatic heterocycles. The second-order valence-corrected chi connectivity index (χ2v) is 4.86. The van der Waals surface area contributed by atoms with Crippen molar-refractivity contribution in [3.63, 3.8) is 0 Å². The molecule has 0 aromatic carbocycles. The molecule has 0 aromatic rings. The highest BCUT2D eigenvalue weighted by Crippen LogP contribution is 2.05. The summed E-state index contributed by atoms with van der Waals surface area (Å²) in [5, 5.41) is 6.00. The smallest absolute Gasteiger partial charge is 0.246 e. The minimum atomic E-state index is -0.256. The van der Waals surface area contributed by atoms with Gasteiger partial charge in [-0.1, -0.05) is 13.8 Å². The lowest BCUT2D eigenvalue weighted by atomic mass is 10.2. The van der Waals surface area contributed by atoms with Gasteiger partial charge >= 0.3 is 0 Å². The molecule has 0 bridgehead atoms. The highest BCUT2D eigenvalue weighted by Gasteiger charge is 2.12. The topological polar surface area (TPSA) is 50.4 Å². The molecule has 4 heteroatoms. The largest absolute Gasteiger partial charge is 0.366 e. The van der Waals surface area contributed by atoms with Crippen molar-refractivity contribution in [2.45, 2.75) is 46.3 Å². The predicted molar refractivity (Wildman–Crippen MR) is 61.9 cm³/mol. The number of hydrogen-bond donors (Lipinski definition) is 2. The number of carbonyl (C=O) groups excluding carboxylic acids is 1. The Balaban J connectivity index is 3.42. The SMILES string of the molecule is CC(C)NCCNC(=O)COC(C)(C)C. The predicted octanol–water partition coefficient (Wildman–Crippen LogP) is 0.916. The van der Waals surface area contributed by atoms with Gasteiger partial charge in [-0.3, -0.25) is 4.79 Å². The van der Waals surface area contributed by atoms with Gasteiger partial charge in [0.05, 0.1) is 5.60 Å². The Bertz CT molecular complexity index is 186. The number of nitrogens with one attached hydrogen (secondary N) is 2. The van der Waals surface area contributed by atoms with Gasteiger partial charge in [0.2, 0.25) is 5.91 Å². The first-order valence-corrected chi connectivity index (χ1v) is 5.45. The number of hydrogen-bond acceptors (Lipinski definition) is 3. The second-order valence-electron chi connectivity index (χ2n) is 4.86. The molecule has 0 aliphatic heterocycles. The highest BCUT2D eigenvalue weighted by molar-refractivity contribution is 5.77. The second kappa shape index (κ2) is 6.80. The summed E-state index contributed by atoms with van der Waals surface area (Å²) in [4.78, 5) is 11.3. The van der Waals surface area contributed by atoms with Crippen LogP contribution in [0.5, 0.6) is 0 Å². The average Bonchev–Trinajstić information content (AvgIpc) is 2.07. The molecule has 0 aliphatic rings. The maximum absolute atomic E-state index is 11.3. The van der Waals surface area contributed by atoms with Gasteiger partial charge in [-0.25, -0.2) is 0 Å². The summed E-state index contributed by atoms with van der Waals surface area (Å²) >= 11 is 0. The molecule has 0 fully saturated rings. The van der Waals surface area contributed by atoms with Crippen molar-refractivity contribution in [1.29, 1.82) is 0 Å². The summed E-state index contributed by atoms with van der Waals surface area (Å²) in [6, 6.07) is 0.452. The fourth-order valence-electron chi connectivity index (χ4n) is 0.896. The molecule has 2 N–H and O–H groups in total. The van der Waals surface area contributed by atoms with E-state index in [9.17, 15) is 4.79 Å². The molecule has 0 saturated heterocycles. The molecule has 0 spiro atoms. The van der Waals surface area contributed by atoms with E-state index in [1.807, 2.05) is 20.8 Å². The summed E-state index contributed by atoms with van der Waals surface area (Å²) in [6.07, 6.45) is 0. The molecule has 15 heavy (non-hydrogen) atoms. The Hall–Kier alpha value is -0.610. The Labute approximate surface area is 92.8 Å². The summed E-state index contributed by atoms with van der Waals surface area (Å²) in [7, 11) is 0. The Morgan fingerprint density at radius 2 is 1.87 bits per heavy atom. The Morgan fingerprint density at radius 3 is 2.33 bits per heavy atom. The van der Waals surface area contributed by atoms with Gasteiger partial charge in [0.1, 0.15) is 6.61 Å². The standard InChI is InChI=1S/C11H24N2O2/c1-9(2)12-6-7-13-10(14)8-15-11(3,4)5/h9,12H,6-8H2,1-5H3,(H,13,14). The van der Waals surface area contributed by atoms with Crippen molar-refractivity contribution in [3.8, 4) is 0 Å². The van der Waals surface area contributed by atoms with Crippen molar-refractivity contribution < 1.29 is 9.53 Å². The van der Waals surface area contributed by atoms with Crippen molar-refractivity contribution in [2.24, 2.45) is 0 Å². The van der Waals surface area contributed by atoms with Crippen LogP contribution in [0.15, 0.2) is 0 Å². The van der Waals surface area contributed by atoms with Crippen LogP contribution in [0.1, 0.15) is 34.6 Å². The average molecular weight is 216 g/mol. The van der Waals surface area contributed by atoms with Crippen LogP contribution in [0.25, 0.3) is 0 Å². The minimum absolute atomic E-state index is 0.0597. The fraction of sp³-hybridized carbons (Fsp3) is 0.909. The zero-order valence-corrected chi connectivity index (χ0v) is 10.5. The molecule has 0 aliphatic carbocycles. The van der Waals surface area contributed by atoms with Gasteiger partial charge in [-0.05, 0) is 20.8 Å². The first-order chi connectivity index (χ1) is 6.81. The molecule has 0 radical (unpaired) electrons. The Kier molecular flexibility index (Phi) is 6.52. The van der Waals surface area contributed by atoms with Crippen LogP contribution in [0, 0.1) is 0 Å². The molecular formula is C11H24N2O2. The van der Waals surface area contributed by atoms with Crippen molar-refractivity contribution in [2.75, 3.05) is 19.7 Å². The van der Waals surface area contributed by atoms with Crippen LogP contribution in [0.2, 0.25) is 0 Å². The Morgan fingerprint density at radius 1 is 1.27 bits per heavy atom. The summed E-state index contributed by atoms with van der Waals surface area (Å²) < 4.78 is 5.34. The van der Waals surface area contributed by atoms with E-state index >= 15 is 0 Å². The minimum Gasteiger partial charge on any atom is -0.366 e. The first-order valence-electron chi connectivity index (χ1n) is 5.45. The van der Waals surface area contributed by atoms with Gasteiger partial charge < -0.3 is 15.4 Å². The van der Waals surface area contributed by atoms with Gasteiger partial charge in [0, 0.05) is 19.1 Å². The monoisotopic (exact) mass is 216 g/mol. The fourth-order valence-corrected chi connectivity index (χ4v) is 0.896. The summed E-state index contributed by atoms with van der Waals surface area (Å²) in [5.41, 5.74) is -0.256. The van der Waals surface area contributed by atoms with E-state index in [1.54, 1.807) is 0 Å². The number of carbonyl (C=O) groups is 1. The van der Waals surface area contributed by atoms with Crippen molar-refractivity contribution >= 4 is 5.91 Å². The van der Waals surface area contributed by atoms with E-state index in [1.165, 1.54) is 0 Å². The quantitative estimate of drug-likeness (QED) is 0.649. The van der Waals surface area contributed by atoms with Gasteiger partial charge in [-0.15, -0.1) is 0 Å². The van der Waals surface area contributed by atoms with Crippen LogP contribution in [-0.2, 0) is 9.53 Å².